The van der Waals surface area contributed by atoms with Gasteiger partial charge in [0.15, 0.2) is 0 Å². The molecule has 0 aromatic carbocycles. The van der Waals surface area contributed by atoms with Gasteiger partial charge < -0.3 is 24.9 Å². The van der Waals surface area contributed by atoms with Gasteiger partial charge in [0.25, 0.3) is 0 Å². The molecule has 6 nitrogen and oxygen atoms in total. The summed E-state index contributed by atoms with van der Waals surface area (Å²) < 4.78 is 3.25. The van der Waals surface area contributed by atoms with Crippen LogP contribution >= 0.6 is 0 Å². The third-order valence-electron chi connectivity index (χ3n) is 8.88. The molecule has 7 heteroatoms. The van der Waals surface area contributed by atoms with E-state index in [1.54, 1.807) is 8.87 Å². The molecule has 0 fully saturated rings. The van der Waals surface area contributed by atoms with Crippen molar-refractivity contribution in [2.24, 2.45) is 0 Å². The standard InChI is InChI=1S/3C12H24O2.2C4H9.Sn/c3*1-2-3-4-5-6-7-8-9-10-11-12(13)14;2*1-3-4-2;/h3*2-11H2,1H3,(H,13,14);2*1,3-4H2,2H3;/q;;;;;+2/p-2. The topological polar surface area (TPSA) is 118 Å². The molecule has 0 aliphatic carbocycles. The van der Waals surface area contributed by atoms with Crippen molar-refractivity contribution in [2.75, 3.05) is 0 Å². The van der Waals surface area contributed by atoms with Crippen molar-refractivity contribution in [3.05, 3.63) is 0 Å². The van der Waals surface area contributed by atoms with Crippen LogP contribution in [0.4, 0.5) is 0 Å². The molecule has 0 heterocycles. The molecule has 0 unspecified atom stereocenters. The summed E-state index contributed by atoms with van der Waals surface area (Å²) in [5, 5.41) is 28.6. The molecule has 0 saturated heterocycles. The van der Waals surface area contributed by atoms with Crippen molar-refractivity contribution in [1.29, 1.82) is 0 Å². The molecule has 0 amide bonds. The summed E-state index contributed by atoms with van der Waals surface area (Å²) in [5.41, 5.74) is 0. The van der Waals surface area contributed by atoms with E-state index < -0.39 is 17.9 Å². The van der Waals surface area contributed by atoms with Gasteiger partial charge in [0.2, 0.25) is 0 Å². The Bertz CT molecular complexity index is 575. The predicted molar refractivity (Wildman–Crippen MR) is 218 cm³/mol. The van der Waals surface area contributed by atoms with E-state index in [0.29, 0.717) is 6.42 Å². The van der Waals surface area contributed by atoms with E-state index in [1.807, 2.05) is 0 Å². The van der Waals surface area contributed by atoms with Crippen LogP contribution in [0.15, 0.2) is 0 Å². The minimum atomic E-state index is -0.909. The second-order valence-electron chi connectivity index (χ2n) is 14.3. The number of hydrogen-bond donors (Lipinski definition) is 1. The van der Waals surface area contributed by atoms with Gasteiger partial charge in [-0.25, -0.2) is 0 Å². The van der Waals surface area contributed by atoms with Crippen molar-refractivity contribution in [3.63, 3.8) is 0 Å². The number of carbonyl (C=O) groups excluding carboxylic acids is 2. The number of carboxylic acids is 3. The number of hydrogen-bond acceptors (Lipinski definition) is 5. The predicted octanol–water partition coefficient (Wildman–Crippen LogP) is 12.4. The number of rotatable bonds is 36. The normalized spacial score (nSPS) is 10.1. The number of aliphatic carboxylic acids is 3. The van der Waals surface area contributed by atoms with Crippen molar-refractivity contribution >= 4 is 39.1 Å². The van der Waals surface area contributed by atoms with Crippen LogP contribution < -0.4 is 10.2 Å². The molecule has 0 aliphatic heterocycles. The fourth-order valence-electron chi connectivity index (χ4n) is 5.48. The molecule has 0 saturated carbocycles. The minimum absolute atomic E-state index is 0.149. The summed E-state index contributed by atoms with van der Waals surface area (Å²) in [5.74, 6) is -2.48. The van der Waals surface area contributed by atoms with E-state index in [0.717, 1.165) is 38.5 Å². The molecule has 1 N–H and O–H groups in total. The molecule has 304 valence electrons. The Labute approximate surface area is 329 Å². The van der Waals surface area contributed by atoms with Crippen molar-refractivity contribution in [3.8, 4) is 0 Å². The zero-order valence-electron chi connectivity index (χ0n) is 34.9. The van der Waals surface area contributed by atoms with E-state index in [-0.39, 0.29) is 34.0 Å². The van der Waals surface area contributed by atoms with Gasteiger partial charge in [-0.1, -0.05) is 175 Å². The first-order valence-corrected chi connectivity index (χ1v) is 26.1. The Balaban J connectivity index is -0.000000292. The third kappa shape index (κ3) is 75.1. The van der Waals surface area contributed by atoms with E-state index in [4.69, 9.17) is 5.11 Å². The number of unbranched alkanes of at least 4 members (excludes halogenated alkanes) is 26. The van der Waals surface area contributed by atoms with Gasteiger partial charge in [-0.2, -0.15) is 0 Å². The average molecular weight is 832 g/mol. The molecule has 0 aromatic rings. The van der Waals surface area contributed by atoms with Gasteiger partial charge in [0, 0.05) is 18.4 Å². The van der Waals surface area contributed by atoms with Crippen LogP contribution in [0.3, 0.4) is 0 Å². The Morgan fingerprint density at radius 2 is 0.569 bits per heavy atom. The van der Waals surface area contributed by atoms with Crippen LogP contribution in [0, 0.1) is 0 Å². The van der Waals surface area contributed by atoms with Crippen molar-refractivity contribution < 1.29 is 29.7 Å². The second kappa shape index (κ2) is 56.0. The second-order valence-corrected chi connectivity index (χ2v) is 18.6. The van der Waals surface area contributed by atoms with Crippen LogP contribution in [-0.2, 0) is 14.4 Å². The van der Waals surface area contributed by atoms with E-state index in [1.165, 1.54) is 161 Å². The van der Waals surface area contributed by atoms with Crippen LogP contribution in [-0.4, -0.2) is 44.2 Å². The Hall–Kier alpha value is -0.791. The van der Waals surface area contributed by atoms with E-state index >= 15 is 0 Å². The first-order valence-electron chi connectivity index (χ1n) is 22.0. The van der Waals surface area contributed by atoms with Gasteiger partial charge in [0.1, 0.15) is 0 Å². The Morgan fingerprint density at radius 3 is 0.784 bits per heavy atom. The third-order valence-corrected chi connectivity index (χ3v) is 12.9. The van der Waals surface area contributed by atoms with Gasteiger partial charge >= 0.3 is 75.5 Å². The van der Waals surface area contributed by atoms with E-state index in [2.05, 4.69) is 34.6 Å². The quantitative estimate of drug-likeness (QED) is 0.0496. The number of carboxylic acid groups (broad SMARTS) is 3. The zero-order valence-corrected chi connectivity index (χ0v) is 37.8. The van der Waals surface area contributed by atoms with Gasteiger partial charge in [-0.3, -0.25) is 4.79 Å². The molecule has 0 atom stereocenters. The summed E-state index contributed by atoms with van der Waals surface area (Å²) in [6, 6.07) is 0. The summed E-state index contributed by atoms with van der Waals surface area (Å²) in [7, 11) is 0. The first-order chi connectivity index (χ1) is 24.7. The maximum atomic E-state index is 10.2. The molecular formula is C44H88O6Sn. The zero-order chi connectivity index (χ0) is 38.9. The fraction of sp³-hybridized carbons (Fsp3) is 0.932. The van der Waals surface area contributed by atoms with Crippen LogP contribution in [0.1, 0.15) is 253 Å². The summed E-state index contributed by atoms with van der Waals surface area (Å²) in [6.07, 6.45) is 39.6. The molecule has 0 rings (SSSR count). The van der Waals surface area contributed by atoms with Crippen molar-refractivity contribution in [1.82, 2.24) is 0 Å². The average Bonchev–Trinajstić information content (AvgIpc) is 3.10. The molecule has 51 heavy (non-hydrogen) atoms. The fourth-order valence-corrected chi connectivity index (χ4v) is 9.63. The maximum absolute atomic E-state index is 10.2. The van der Waals surface area contributed by atoms with Crippen LogP contribution in [0.5, 0.6) is 0 Å². The van der Waals surface area contributed by atoms with Crippen LogP contribution in [0.2, 0.25) is 8.87 Å². The number of carbonyl (C=O) groups is 3. The molecule has 0 bridgehead atoms. The first kappa shape index (κ1) is 56.9. The summed E-state index contributed by atoms with van der Waals surface area (Å²) in [6.45, 7) is 11.3. The molecule has 0 radical (unpaired) electrons. The molecule has 0 aliphatic rings. The SMILES string of the molecule is CCCCCCCCCCCC(=O)O.CCCCCCCCCCCC(=O)[O-].CCCCCCCCCCCC(=O)[O-].CCC[CH2][Sn+2][CH2]CCC. The Morgan fingerprint density at radius 1 is 0.353 bits per heavy atom. The molecule has 0 aromatic heterocycles. The van der Waals surface area contributed by atoms with Gasteiger partial charge in [-0.05, 0) is 32.1 Å². The molecular weight excluding hydrogens is 743 g/mol. The van der Waals surface area contributed by atoms with Gasteiger partial charge in [0.05, 0.1) is 0 Å². The van der Waals surface area contributed by atoms with E-state index in [9.17, 15) is 24.6 Å². The Kier molecular flexibility index (Phi) is 62.5. The summed E-state index contributed by atoms with van der Waals surface area (Å²) in [4.78, 5) is 30.4. The monoisotopic (exact) mass is 833 g/mol. The van der Waals surface area contributed by atoms with Gasteiger partial charge in [-0.15, -0.1) is 0 Å². The van der Waals surface area contributed by atoms with Crippen molar-refractivity contribution in [2.45, 2.75) is 262 Å². The van der Waals surface area contributed by atoms with Crippen LogP contribution in [0.25, 0.3) is 0 Å². The molecule has 0 spiro atoms. The summed E-state index contributed by atoms with van der Waals surface area (Å²) >= 11 is 0.149.